The van der Waals surface area contributed by atoms with Gasteiger partial charge in [0.25, 0.3) is 0 Å². The van der Waals surface area contributed by atoms with Crippen molar-refractivity contribution in [1.29, 1.82) is 0 Å². The molecule has 0 N–H and O–H groups in total. The summed E-state index contributed by atoms with van der Waals surface area (Å²) in [7, 11) is 0. The summed E-state index contributed by atoms with van der Waals surface area (Å²) in [6, 6.07) is 8.85. The van der Waals surface area contributed by atoms with Gasteiger partial charge in [-0.3, -0.25) is 0 Å². The van der Waals surface area contributed by atoms with Gasteiger partial charge in [0.2, 0.25) is 0 Å². The van der Waals surface area contributed by atoms with E-state index in [9.17, 15) is 0 Å². The van der Waals surface area contributed by atoms with E-state index in [1.807, 2.05) is 13.3 Å². The minimum atomic E-state index is 0.152. The number of aryl methyl sites for hydroxylation is 1. The van der Waals surface area contributed by atoms with E-state index < -0.39 is 0 Å². The molecule has 1 aromatic carbocycles. The fraction of sp³-hybridized carbons (Fsp3) is 0.500. The maximum absolute atomic E-state index is 4.34. The van der Waals surface area contributed by atoms with Gasteiger partial charge in [-0.2, -0.15) is 0 Å². The third-order valence-electron chi connectivity index (χ3n) is 4.27. The number of hydrogen-bond donors (Lipinski definition) is 0. The molecule has 1 aromatic heterocycles. The second-order valence-electron chi connectivity index (χ2n) is 7.19. The third kappa shape index (κ3) is 2.97. The van der Waals surface area contributed by atoms with E-state index in [1.165, 1.54) is 11.3 Å². The highest BCUT2D eigenvalue weighted by Crippen LogP contribution is 2.34. The molecule has 3 rings (SSSR count). The molecule has 2 heterocycles. The van der Waals surface area contributed by atoms with Crippen LogP contribution in [-0.2, 0) is 13.0 Å². The largest absolute Gasteiger partial charge is 0.366 e. The standard InChI is InChI=1S/C18H25N3/c1-14-10-20(13-19-14)11-15-9-16-7-5-6-8-17(16)21(12-15)18(2,3)4/h5-8,10,13,15H,9,11-12H2,1-4H3. The molecule has 0 spiro atoms. The number of nitrogens with zero attached hydrogens (tertiary/aromatic N) is 3. The molecular formula is C18H25N3. The monoisotopic (exact) mass is 283 g/mol. The molecule has 1 aliphatic heterocycles. The van der Waals surface area contributed by atoms with E-state index >= 15 is 0 Å². The van der Waals surface area contributed by atoms with Crippen LogP contribution in [-0.4, -0.2) is 21.6 Å². The van der Waals surface area contributed by atoms with Gasteiger partial charge in [-0.1, -0.05) is 18.2 Å². The number of para-hydroxylation sites is 1. The molecular weight excluding hydrogens is 258 g/mol. The lowest BCUT2D eigenvalue weighted by atomic mass is 9.89. The van der Waals surface area contributed by atoms with Crippen molar-refractivity contribution in [3.05, 3.63) is 48.0 Å². The van der Waals surface area contributed by atoms with Gasteiger partial charge in [0.15, 0.2) is 0 Å². The van der Waals surface area contributed by atoms with Crippen molar-refractivity contribution in [1.82, 2.24) is 9.55 Å². The predicted octanol–water partition coefficient (Wildman–Crippen LogP) is 3.67. The van der Waals surface area contributed by atoms with Crippen LogP contribution in [0.2, 0.25) is 0 Å². The van der Waals surface area contributed by atoms with Crippen molar-refractivity contribution in [2.75, 3.05) is 11.4 Å². The Morgan fingerprint density at radius 1 is 1.24 bits per heavy atom. The van der Waals surface area contributed by atoms with Crippen molar-refractivity contribution in [2.45, 2.75) is 46.2 Å². The molecule has 21 heavy (non-hydrogen) atoms. The molecule has 0 amide bonds. The quantitative estimate of drug-likeness (QED) is 0.838. The summed E-state index contributed by atoms with van der Waals surface area (Å²) >= 11 is 0. The zero-order valence-corrected chi connectivity index (χ0v) is 13.5. The average Bonchev–Trinajstić information content (AvgIpc) is 2.82. The van der Waals surface area contributed by atoms with Crippen LogP contribution in [0.15, 0.2) is 36.8 Å². The molecule has 0 aliphatic carbocycles. The van der Waals surface area contributed by atoms with E-state index in [-0.39, 0.29) is 5.54 Å². The second-order valence-corrected chi connectivity index (χ2v) is 7.19. The van der Waals surface area contributed by atoms with Crippen LogP contribution in [0.5, 0.6) is 0 Å². The van der Waals surface area contributed by atoms with Gasteiger partial charge in [0.1, 0.15) is 0 Å². The number of benzene rings is 1. The Labute approximate surface area is 127 Å². The van der Waals surface area contributed by atoms with Crippen LogP contribution >= 0.6 is 0 Å². The number of imidazole rings is 1. The Kier molecular flexibility index (Phi) is 3.52. The van der Waals surface area contributed by atoms with Crippen molar-refractivity contribution in [2.24, 2.45) is 5.92 Å². The van der Waals surface area contributed by atoms with Gasteiger partial charge in [-0.15, -0.1) is 0 Å². The maximum atomic E-state index is 4.34. The minimum absolute atomic E-state index is 0.152. The second kappa shape index (κ2) is 5.21. The summed E-state index contributed by atoms with van der Waals surface area (Å²) in [6.45, 7) is 11.1. The normalized spacial score (nSPS) is 18.7. The predicted molar refractivity (Wildman–Crippen MR) is 87.7 cm³/mol. The fourth-order valence-electron chi connectivity index (χ4n) is 3.31. The average molecular weight is 283 g/mol. The Morgan fingerprint density at radius 3 is 2.67 bits per heavy atom. The lowest BCUT2D eigenvalue weighted by Crippen LogP contribution is -2.48. The van der Waals surface area contributed by atoms with Crippen molar-refractivity contribution < 1.29 is 0 Å². The molecule has 1 atom stereocenters. The van der Waals surface area contributed by atoms with Crippen molar-refractivity contribution >= 4 is 5.69 Å². The third-order valence-corrected chi connectivity index (χ3v) is 4.27. The van der Waals surface area contributed by atoms with Crippen LogP contribution in [0.25, 0.3) is 0 Å². The molecule has 0 fully saturated rings. The van der Waals surface area contributed by atoms with E-state index in [0.29, 0.717) is 5.92 Å². The first-order valence-corrected chi connectivity index (χ1v) is 7.77. The SMILES string of the molecule is Cc1cn(CC2Cc3ccccc3N(C(C)(C)C)C2)cn1. The van der Waals surface area contributed by atoms with E-state index in [0.717, 1.165) is 25.2 Å². The lowest BCUT2D eigenvalue weighted by Gasteiger charge is -2.44. The fourth-order valence-corrected chi connectivity index (χ4v) is 3.31. The molecule has 1 unspecified atom stereocenters. The summed E-state index contributed by atoms with van der Waals surface area (Å²) in [5.74, 6) is 0.632. The van der Waals surface area contributed by atoms with Gasteiger partial charge in [-0.05, 0) is 51.7 Å². The number of aromatic nitrogens is 2. The van der Waals surface area contributed by atoms with Gasteiger partial charge in [0.05, 0.1) is 12.0 Å². The topological polar surface area (TPSA) is 21.1 Å². The highest BCUT2D eigenvalue weighted by atomic mass is 15.2. The number of rotatable bonds is 2. The molecule has 0 radical (unpaired) electrons. The lowest BCUT2D eigenvalue weighted by molar-refractivity contribution is 0.374. The van der Waals surface area contributed by atoms with Gasteiger partial charge < -0.3 is 9.47 Å². The molecule has 112 valence electrons. The van der Waals surface area contributed by atoms with Gasteiger partial charge >= 0.3 is 0 Å². The van der Waals surface area contributed by atoms with Crippen molar-refractivity contribution in [3.8, 4) is 0 Å². The molecule has 2 aromatic rings. The van der Waals surface area contributed by atoms with Crippen LogP contribution in [0.4, 0.5) is 5.69 Å². The van der Waals surface area contributed by atoms with Crippen molar-refractivity contribution in [3.63, 3.8) is 0 Å². The number of hydrogen-bond acceptors (Lipinski definition) is 2. The van der Waals surface area contributed by atoms with Gasteiger partial charge in [0, 0.05) is 30.5 Å². The number of fused-ring (bicyclic) bond motifs is 1. The van der Waals surface area contributed by atoms with Crippen LogP contribution in [0.1, 0.15) is 32.0 Å². The first kappa shape index (κ1) is 14.2. The summed E-state index contributed by atoms with van der Waals surface area (Å²) in [4.78, 5) is 6.90. The highest BCUT2D eigenvalue weighted by molar-refractivity contribution is 5.57. The Hall–Kier alpha value is -1.77. The maximum Gasteiger partial charge on any atom is 0.0949 e. The van der Waals surface area contributed by atoms with Gasteiger partial charge in [-0.25, -0.2) is 4.98 Å². The van der Waals surface area contributed by atoms with E-state index in [1.54, 1.807) is 0 Å². The summed E-state index contributed by atoms with van der Waals surface area (Å²) in [5, 5.41) is 0. The first-order chi connectivity index (χ1) is 9.93. The zero-order chi connectivity index (χ0) is 15.0. The van der Waals surface area contributed by atoms with Crippen LogP contribution in [0, 0.1) is 12.8 Å². The Balaban J connectivity index is 1.86. The molecule has 0 bridgehead atoms. The zero-order valence-electron chi connectivity index (χ0n) is 13.5. The Morgan fingerprint density at radius 2 is 2.00 bits per heavy atom. The summed E-state index contributed by atoms with van der Waals surface area (Å²) < 4.78 is 2.23. The first-order valence-electron chi connectivity index (χ1n) is 7.77. The molecule has 3 nitrogen and oxygen atoms in total. The van der Waals surface area contributed by atoms with E-state index in [2.05, 4.69) is 65.7 Å². The smallest absolute Gasteiger partial charge is 0.0949 e. The summed E-state index contributed by atoms with van der Waals surface area (Å²) in [5.41, 5.74) is 4.13. The van der Waals surface area contributed by atoms with E-state index in [4.69, 9.17) is 0 Å². The van der Waals surface area contributed by atoms with Crippen LogP contribution in [0.3, 0.4) is 0 Å². The molecule has 3 heteroatoms. The molecule has 1 aliphatic rings. The minimum Gasteiger partial charge on any atom is -0.366 e. The highest BCUT2D eigenvalue weighted by Gasteiger charge is 2.30. The molecule has 0 saturated carbocycles. The van der Waals surface area contributed by atoms with Crippen LogP contribution < -0.4 is 4.90 Å². The number of anilines is 1. The summed E-state index contributed by atoms with van der Waals surface area (Å²) in [6.07, 6.45) is 5.25. The molecule has 0 saturated heterocycles. The Bertz CT molecular complexity index is 621.